The van der Waals surface area contributed by atoms with Gasteiger partial charge in [0.2, 0.25) is 0 Å². The Morgan fingerprint density at radius 1 is 1.10 bits per heavy atom. The first-order chi connectivity index (χ1) is 9.95. The van der Waals surface area contributed by atoms with E-state index >= 15 is 0 Å². The third-order valence-corrected chi connectivity index (χ3v) is 4.99. The van der Waals surface area contributed by atoms with Crippen molar-refractivity contribution >= 4 is 21.5 Å². The van der Waals surface area contributed by atoms with Crippen LogP contribution in [0.4, 0.5) is 5.69 Å². The van der Waals surface area contributed by atoms with Crippen LogP contribution in [0.3, 0.4) is 0 Å². The van der Waals surface area contributed by atoms with Crippen molar-refractivity contribution in [1.29, 1.82) is 0 Å². The molecule has 0 unspecified atom stereocenters. The summed E-state index contributed by atoms with van der Waals surface area (Å²) in [7, 11) is -3.13. The molecule has 21 heavy (non-hydrogen) atoms. The Balaban J connectivity index is 2.26. The molecule has 0 atom stereocenters. The minimum Gasteiger partial charge on any atom is -0.481 e. The van der Waals surface area contributed by atoms with Gasteiger partial charge in [0.25, 0.3) is 0 Å². The van der Waals surface area contributed by atoms with Crippen molar-refractivity contribution in [3.63, 3.8) is 0 Å². The van der Waals surface area contributed by atoms with E-state index in [2.05, 4.69) is 5.32 Å². The molecule has 0 bridgehead atoms. The Kier molecular flexibility index (Phi) is 7.22. The molecular formula is C15H23NO4S. The van der Waals surface area contributed by atoms with Crippen molar-refractivity contribution in [1.82, 2.24) is 0 Å². The van der Waals surface area contributed by atoms with Gasteiger partial charge in [-0.1, -0.05) is 19.8 Å². The summed E-state index contributed by atoms with van der Waals surface area (Å²) in [5, 5.41) is 11.7. The van der Waals surface area contributed by atoms with E-state index in [0.29, 0.717) is 4.90 Å². The van der Waals surface area contributed by atoms with Gasteiger partial charge in [-0.15, -0.1) is 0 Å². The molecule has 0 aliphatic rings. The topological polar surface area (TPSA) is 83.5 Å². The summed E-state index contributed by atoms with van der Waals surface area (Å²) < 4.78 is 23.3. The molecule has 2 N–H and O–H groups in total. The second-order valence-electron chi connectivity index (χ2n) is 4.91. The number of carboxylic acids is 1. The van der Waals surface area contributed by atoms with Crippen LogP contribution < -0.4 is 5.32 Å². The lowest BCUT2D eigenvalue weighted by Crippen LogP contribution is -2.05. The van der Waals surface area contributed by atoms with Gasteiger partial charge in [0, 0.05) is 18.7 Å². The summed E-state index contributed by atoms with van der Waals surface area (Å²) in [5.74, 6) is -0.633. The van der Waals surface area contributed by atoms with Crippen LogP contribution in [0.25, 0.3) is 0 Å². The maximum atomic E-state index is 11.7. The number of hydrogen-bond acceptors (Lipinski definition) is 4. The Hall–Kier alpha value is -1.56. The number of rotatable bonds is 10. The molecule has 118 valence electrons. The smallest absolute Gasteiger partial charge is 0.303 e. The van der Waals surface area contributed by atoms with Crippen molar-refractivity contribution in [2.45, 2.75) is 43.9 Å². The second-order valence-corrected chi connectivity index (χ2v) is 7.19. The standard InChI is InChI=1S/C15H23NO4S/c1-2-21(19,20)14-10-8-13(9-11-14)16-12-6-4-3-5-7-15(17)18/h8-11,16H,2-7,12H2,1H3,(H,17,18). The Morgan fingerprint density at radius 2 is 1.71 bits per heavy atom. The summed E-state index contributed by atoms with van der Waals surface area (Å²) in [6.45, 7) is 2.43. The van der Waals surface area contributed by atoms with Gasteiger partial charge in [-0.2, -0.15) is 0 Å². The molecule has 5 nitrogen and oxygen atoms in total. The fourth-order valence-corrected chi connectivity index (χ4v) is 2.82. The van der Waals surface area contributed by atoms with Crippen molar-refractivity contribution < 1.29 is 18.3 Å². The van der Waals surface area contributed by atoms with Crippen LogP contribution in [0.2, 0.25) is 0 Å². The molecule has 1 aromatic carbocycles. The van der Waals surface area contributed by atoms with Gasteiger partial charge in [0.15, 0.2) is 9.84 Å². The van der Waals surface area contributed by atoms with Crippen LogP contribution in [0, 0.1) is 0 Å². The summed E-state index contributed by atoms with van der Waals surface area (Å²) in [6, 6.07) is 6.78. The van der Waals surface area contributed by atoms with E-state index in [4.69, 9.17) is 5.11 Å². The zero-order chi connectivity index (χ0) is 15.7. The van der Waals surface area contributed by atoms with Gasteiger partial charge in [0.1, 0.15) is 0 Å². The number of unbranched alkanes of at least 4 members (excludes halogenated alkanes) is 3. The molecular weight excluding hydrogens is 290 g/mol. The highest BCUT2D eigenvalue weighted by atomic mass is 32.2. The summed E-state index contributed by atoms with van der Waals surface area (Å²) in [6.07, 6.45) is 3.83. The summed E-state index contributed by atoms with van der Waals surface area (Å²) in [5.41, 5.74) is 0.899. The van der Waals surface area contributed by atoms with Gasteiger partial charge >= 0.3 is 5.97 Å². The molecule has 0 amide bonds. The average molecular weight is 313 g/mol. The van der Waals surface area contributed by atoms with E-state index < -0.39 is 15.8 Å². The number of benzene rings is 1. The summed E-state index contributed by atoms with van der Waals surface area (Å²) in [4.78, 5) is 10.7. The maximum absolute atomic E-state index is 11.7. The fourth-order valence-electron chi connectivity index (χ4n) is 1.93. The zero-order valence-corrected chi connectivity index (χ0v) is 13.2. The van der Waals surface area contributed by atoms with Crippen LogP contribution in [-0.2, 0) is 14.6 Å². The van der Waals surface area contributed by atoms with Crippen molar-refractivity contribution in [3.05, 3.63) is 24.3 Å². The van der Waals surface area contributed by atoms with Gasteiger partial charge in [-0.3, -0.25) is 4.79 Å². The van der Waals surface area contributed by atoms with Crippen LogP contribution in [0.1, 0.15) is 39.0 Å². The van der Waals surface area contributed by atoms with Gasteiger partial charge in [0.05, 0.1) is 10.6 Å². The van der Waals surface area contributed by atoms with Crippen LogP contribution in [0.5, 0.6) is 0 Å². The largest absolute Gasteiger partial charge is 0.481 e. The number of nitrogens with one attached hydrogen (secondary N) is 1. The Labute approximate surface area is 126 Å². The molecule has 0 saturated carbocycles. The Bertz CT molecular complexity index is 537. The number of carbonyl (C=O) groups is 1. The lowest BCUT2D eigenvalue weighted by molar-refractivity contribution is -0.137. The van der Waals surface area contributed by atoms with Crippen molar-refractivity contribution in [3.8, 4) is 0 Å². The van der Waals surface area contributed by atoms with E-state index in [1.807, 2.05) is 0 Å². The van der Waals surface area contributed by atoms with Gasteiger partial charge < -0.3 is 10.4 Å². The van der Waals surface area contributed by atoms with Crippen molar-refractivity contribution in [2.75, 3.05) is 17.6 Å². The molecule has 0 fully saturated rings. The first-order valence-corrected chi connectivity index (χ1v) is 8.89. The lowest BCUT2D eigenvalue weighted by Gasteiger charge is -2.07. The number of aliphatic carboxylic acids is 1. The third-order valence-electron chi connectivity index (χ3n) is 3.24. The van der Waals surface area contributed by atoms with Crippen LogP contribution in [-0.4, -0.2) is 31.8 Å². The first kappa shape index (κ1) is 17.5. The molecule has 0 heterocycles. The average Bonchev–Trinajstić information content (AvgIpc) is 2.46. The zero-order valence-electron chi connectivity index (χ0n) is 12.3. The normalized spacial score (nSPS) is 11.3. The molecule has 0 aromatic heterocycles. The van der Waals surface area contributed by atoms with E-state index in [0.717, 1.165) is 37.9 Å². The number of anilines is 1. The first-order valence-electron chi connectivity index (χ1n) is 7.24. The quantitative estimate of drug-likeness (QED) is 0.649. The second kappa shape index (κ2) is 8.67. The van der Waals surface area contributed by atoms with E-state index in [1.165, 1.54) is 0 Å². The number of sulfone groups is 1. The minimum atomic E-state index is -3.13. The lowest BCUT2D eigenvalue weighted by atomic mass is 10.1. The van der Waals surface area contributed by atoms with Crippen molar-refractivity contribution in [2.24, 2.45) is 0 Å². The molecule has 6 heteroatoms. The predicted octanol–water partition coefficient (Wildman–Crippen LogP) is 2.93. The molecule has 0 spiro atoms. The number of carboxylic acid groups (broad SMARTS) is 1. The Morgan fingerprint density at radius 3 is 2.29 bits per heavy atom. The van der Waals surface area contributed by atoms with Gasteiger partial charge in [-0.05, 0) is 37.1 Å². The van der Waals surface area contributed by atoms with Crippen LogP contribution in [0.15, 0.2) is 29.2 Å². The van der Waals surface area contributed by atoms with E-state index in [9.17, 15) is 13.2 Å². The maximum Gasteiger partial charge on any atom is 0.303 e. The highest BCUT2D eigenvalue weighted by Crippen LogP contribution is 2.15. The van der Waals surface area contributed by atoms with E-state index in [1.54, 1.807) is 31.2 Å². The fraction of sp³-hybridized carbons (Fsp3) is 0.533. The minimum absolute atomic E-state index is 0.107. The van der Waals surface area contributed by atoms with Crippen LogP contribution >= 0.6 is 0 Å². The molecule has 0 aliphatic heterocycles. The summed E-state index contributed by atoms with van der Waals surface area (Å²) >= 11 is 0. The molecule has 1 aromatic rings. The van der Waals surface area contributed by atoms with Gasteiger partial charge in [-0.25, -0.2) is 8.42 Å². The monoisotopic (exact) mass is 313 g/mol. The predicted molar refractivity (Wildman–Crippen MR) is 83.4 cm³/mol. The SMILES string of the molecule is CCS(=O)(=O)c1ccc(NCCCCCCC(=O)O)cc1. The molecule has 0 radical (unpaired) electrons. The van der Waals surface area contributed by atoms with E-state index in [-0.39, 0.29) is 12.2 Å². The molecule has 0 aliphatic carbocycles. The number of hydrogen-bond donors (Lipinski definition) is 2. The molecule has 1 rings (SSSR count). The molecule has 0 saturated heterocycles. The highest BCUT2D eigenvalue weighted by Gasteiger charge is 2.10. The highest BCUT2D eigenvalue weighted by molar-refractivity contribution is 7.91. The third kappa shape index (κ3) is 6.62.